The van der Waals surface area contributed by atoms with Crippen molar-refractivity contribution in [3.05, 3.63) is 21.7 Å². The molecule has 2 nitrogen and oxygen atoms in total. The van der Waals surface area contributed by atoms with Gasteiger partial charge in [0.15, 0.2) is 0 Å². The Morgan fingerprint density at radius 3 is 2.54 bits per heavy atom. The molecule has 13 heavy (non-hydrogen) atoms. The first-order valence-electron chi connectivity index (χ1n) is 4.75. The number of aryl methyl sites for hydroxylation is 1. The van der Waals surface area contributed by atoms with Crippen LogP contribution in [0, 0.1) is 6.92 Å². The van der Waals surface area contributed by atoms with Crippen LogP contribution in [0.4, 0.5) is 0 Å². The average molecular weight is 241 g/mol. The second-order valence-corrected chi connectivity index (χ2v) is 4.32. The Balaban J connectivity index is 2.42. The summed E-state index contributed by atoms with van der Waals surface area (Å²) >= 11 is 3.50. The molecule has 0 bridgehead atoms. The van der Waals surface area contributed by atoms with Crippen LogP contribution in [0.2, 0.25) is 0 Å². The Hall–Kier alpha value is -0.440. The van der Waals surface area contributed by atoms with E-state index < -0.39 is 0 Å². The van der Waals surface area contributed by atoms with Gasteiger partial charge in [-0.05, 0) is 42.1 Å². The minimum absolute atomic E-state index is 0.640. The van der Waals surface area contributed by atoms with Crippen molar-refractivity contribution in [2.75, 3.05) is 0 Å². The van der Waals surface area contributed by atoms with Gasteiger partial charge in [0.2, 0.25) is 0 Å². The quantitative estimate of drug-likeness (QED) is 0.744. The van der Waals surface area contributed by atoms with Crippen molar-refractivity contribution >= 4 is 15.9 Å². The van der Waals surface area contributed by atoms with E-state index in [1.165, 1.54) is 18.4 Å². The summed E-state index contributed by atoms with van der Waals surface area (Å²) < 4.78 is 0.990. The van der Waals surface area contributed by atoms with Crippen LogP contribution in [-0.2, 0) is 6.42 Å². The highest BCUT2D eigenvalue weighted by Gasteiger charge is 2.27. The summed E-state index contributed by atoms with van der Waals surface area (Å²) in [5, 5.41) is 0. The van der Waals surface area contributed by atoms with Crippen molar-refractivity contribution in [2.45, 2.75) is 39.0 Å². The minimum atomic E-state index is 0.640. The average Bonchev–Trinajstić information content (AvgIpc) is 2.85. The van der Waals surface area contributed by atoms with Crippen LogP contribution in [0.1, 0.15) is 42.8 Å². The number of nitrogens with zero attached hydrogens (tertiary/aromatic N) is 2. The van der Waals surface area contributed by atoms with E-state index in [4.69, 9.17) is 0 Å². The molecule has 1 heterocycles. The molecule has 3 heteroatoms. The molecule has 0 amide bonds. The fourth-order valence-electron chi connectivity index (χ4n) is 1.51. The molecule has 70 valence electrons. The molecule has 0 N–H and O–H groups in total. The first-order valence-corrected chi connectivity index (χ1v) is 5.54. The van der Waals surface area contributed by atoms with Gasteiger partial charge in [0.1, 0.15) is 10.4 Å². The molecular formula is C10H13BrN2. The van der Waals surface area contributed by atoms with E-state index in [2.05, 4.69) is 39.7 Å². The molecule has 1 aliphatic rings. The molecule has 0 spiro atoms. The van der Waals surface area contributed by atoms with Crippen LogP contribution in [0.5, 0.6) is 0 Å². The maximum Gasteiger partial charge on any atom is 0.132 e. The summed E-state index contributed by atoms with van der Waals surface area (Å²) in [5.41, 5.74) is 2.37. The smallest absolute Gasteiger partial charge is 0.132 e. The lowest BCUT2D eigenvalue weighted by Gasteiger charge is -2.06. The molecule has 1 aromatic rings. The third-order valence-electron chi connectivity index (χ3n) is 2.48. The monoisotopic (exact) mass is 240 g/mol. The summed E-state index contributed by atoms with van der Waals surface area (Å²) in [6.07, 6.45) is 3.52. The highest BCUT2D eigenvalue weighted by molar-refractivity contribution is 9.10. The number of hydrogen-bond donors (Lipinski definition) is 0. The van der Waals surface area contributed by atoms with Gasteiger partial charge in [-0.1, -0.05) is 6.92 Å². The molecule has 0 radical (unpaired) electrons. The van der Waals surface area contributed by atoms with Gasteiger partial charge in [0.25, 0.3) is 0 Å². The van der Waals surface area contributed by atoms with E-state index in [-0.39, 0.29) is 0 Å². The Kier molecular flexibility index (Phi) is 2.37. The van der Waals surface area contributed by atoms with Crippen molar-refractivity contribution in [3.8, 4) is 0 Å². The number of rotatable bonds is 2. The van der Waals surface area contributed by atoms with Gasteiger partial charge in [-0.25, -0.2) is 9.97 Å². The Bertz CT molecular complexity index is 309. The summed E-state index contributed by atoms with van der Waals surface area (Å²) in [7, 11) is 0. The van der Waals surface area contributed by atoms with E-state index in [0.717, 1.165) is 22.5 Å². The molecule has 0 aliphatic heterocycles. The molecular weight excluding hydrogens is 228 g/mol. The highest BCUT2D eigenvalue weighted by Crippen LogP contribution is 2.38. The zero-order valence-corrected chi connectivity index (χ0v) is 9.56. The molecule has 1 saturated carbocycles. The van der Waals surface area contributed by atoms with Crippen LogP contribution in [0.25, 0.3) is 0 Å². The van der Waals surface area contributed by atoms with Crippen molar-refractivity contribution < 1.29 is 0 Å². The zero-order valence-electron chi connectivity index (χ0n) is 7.97. The highest BCUT2D eigenvalue weighted by atomic mass is 79.9. The zero-order chi connectivity index (χ0) is 9.42. The third kappa shape index (κ3) is 1.75. The number of hydrogen-bond acceptors (Lipinski definition) is 2. The van der Waals surface area contributed by atoms with E-state index in [1.807, 2.05) is 0 Å². The van der Waals surface area contributed by atoms with Gasteiger partial charge < -0.3 is 0 Å². The van der Waals surface area contributed by atoms with Crippen molar-refractivity contribution in [2.24, 2.45) is 0 Å². The fraction of sp³-hybridized carbons (Fsp3) is 0.600. The summed E-state index contributed by atoms with van der Waals surface area (Å²) in [6.45, 7) is 4.20. The normalized spacial score (nSPS) is 16.2. The van der Waals surface area contributed by atoms with Crippen LogP contribution < -0.4 is 0 Å². The molecule has 0 unspecified atom stereocenters. The Morgan fingerprint density at radius 1 is 1.38 bits per heavy atom. The fourth-order valence-corrected chi connectivity index (χ4v) is 2.26. The first-order chi connectivity index (χ1) is 6.22. The van der Waals surface area contributed by atoms with Gasteiger partial charge in [0.05, 0.1) is 0 Å². The predicted molar refractivity (Wildman–Crippen MR) is 55.8 cm³/mol. The maximum absolute atomic E-state index is 4.53. The van der Waals surface area contributed by atoms with Crippen molar-refractivity contribution in [3.63, 3.8) is 0 Å². The van der Waals surface area contributed by atoms with Gasteiger partial charge >= 0.3 is 0 Å². The summed E-state index contributed by atoms with van der Waals surface area (Å²) in [5.74, 6) is 1.67. The first kappa shape index (κ1) is 9.13. The lowest BCUT2D eigenvalue weighted by atomic mass is 10.2. The van der Waals surface area contributed by atoms with Crippen molar-refractivity contribution in [1.82, 2.24) is 9.97 Å². The van der Waals surface area contributed by atoms with Crippen LogP contribution >= 0.6 is 15.9 Å². The van der Waals surface area contributed by atoms with Gasteiger partial charge in [0, 0.05) is 17.2 Å². The third-order valence-corrected chi connectivity index (χ3v) is 3.13. The second-order valence-electron chi connectivity index (χ2n) is 3.56. The largest absolute Gasteiger partial charge is 0.238 e. The molecule has 1 aliphatic carbocycles. The summed E-state index contributed by atoms with van der Waals surface area (Å²) in [4.78, 5) is 9.00. The van der Waals surface area contributed by atoms with Crippen LogP contribution in [-0.4, -0.2) is 9.97 Å². The minimum Gasteiger partial charge on any atom is -0.238 e. The van der Waals surface area contributed by atoms with E-state index >= 15 is 0 Å². The molecule has 0 atom stereocenters. The van der Waals surface area contributed by atoms with Crippen LogP contribution in [0.3, 0.4) is 0 Å². The van der Waals surface area contributed by atoms with Gasteiger partial charge in [-0.2, -0.15) is 0 Å². The molecule has 0 aromatic carbocycles. The summed E-state index contributed by atoms with van der Waals surface area (Å²) in [6, 6.07) is 0. The SMILES string of the molecule is CCc1c(C)nc(C2CC2)nc1Br. The standard InChI is InChI=1S/C10H13BrN2/c1-3-8-6(2)12-10(7-4-5-7)13-9(8)11/h7H,3-5H2,1-2H3. The molecule has 0 saturated heterocycles. The molecule has 2 rings (SSSR count). The van der Waals surface area contributed by atoms with Crippen LogP contribution in [0.15, 0.2) is 4.60 Å². The lowest BCUT2D eigenvalue weighted by Crippen LogP contribution is -2.01. The van der Waals surface area contributed by atoms with Crippen molar-refractivity contribution in [1.29, 1.82) is 0 Å². The Morgan fingerprint density at radius 2 is 2.08 bits per heavy atom. The van der Waals surface area contributed by atoms with Gasteiger partial charge in [-0.15, -0.1) is 0 Å². The van der Waals surface area contributed by atoms with Gasteiger partial charge in [-0.3, -0.25) is 0 Å². The van der Waals surface area contributed by atoms with E-state index in [9.17, 15) is 0 Å². The van der Waals surface area contributed by atoms with E-state index in [0.29, 0.717) is 5.92 Å². The molecule has 1 fully saturated rings. The number of aromatic nitrogens is 2. The lowest BCUT2D eigenvalue weighted by molar-refractivity contribution is 0.863. The maximum atomic E-state index is 4.53. The van der Waals surface area contributed by atoms with E-state index in [1.54, 1.807) is 0 Å². The topological polar surface area (TPSA) is 25.8 Å². The Labute approximate surface area is 86.9 Å². The predicted octanol–water partition coefficient (Wildman–Crippen LogP) is 2.99. The number of halogens is 1. The molecule has 1 aromatic heterocycles. The second kappa shape index (κ2) is 3.37.